The maximum atomic E-state index is 5.89. The van der Waals surface area contributed by atoms with E-state index in [9.17, 15) is 0 Å². The van der Waals surface area contributed by atoms with E-state index in [1.165, 1.54) is 5.56 Å². The van der Waals surface area contributed by atoms with E-state index in [0.29, 0.717) is 5.82 Å². The van der Waals surface area contributed by atoms with E-state index in [0.717, 1.165) is 24.0 Å². The Kier molecular flexibility index (Phi) is 2.19. The van der Waals surface area contributed by atoms with Crippen LogP contribution in [0.25, 0.3) is 11.1 Å². The number of aromatic nitrogens is 2. The zero-order valence-corrected chi connectivity index (χ0v) is 9.73. The van der Waals surface area contributed by atoms with Gasteiger partial charge in [-0.2, -0.15) is 5.10 Å². The van der Waals surface area contributed by atoms with Crippen LogP contribution in [0.3, 0.4) is 0 Å². The van der Waals surface area contributed by atoms with Gasteiger partial charge in [0.2, 0.25) is 0 Å². The van der Waals surface area contributed by atoms with Crippen molar-refractivity contribution in [3.8, 4) is 11.1 Å². The van der Waals surface area contributed by atoms with Gasteiger partial charge >= 0.3 is 0 Å². The molecule has 17 heavy (non-hydrogen) atoms. The molecule has 0 radical (unpaired) electrons. The van der Waals surface area contributed by atoms with Gasteiger partial charge in [-0.15, -0.1) is 0 Å². The van der Waals surface area contributed by atoms with E-state index in [2.05, 4.69) is 22.3 Å². The fraction of sp³-hybridized carbons (Fsp3) is 0.308. The van der Waals surface area contributed by atoms with E-state index < -0.39 is 0 Å². The Balaban J connectivity index is 2.15. The predicted molar refractivity (Wildman–Crippen MR) is 66.4 cm³/mol. The van der Waals surface area contributed by atoms with Crippen LogP contribution in [0.1, 0.15) is 18.4 Å². The molecule has 88 valence electrons. The van der Waals surface area contributed by atoms with Crippen LogP contribution in [0.4, 0.5) is 5.82 Å². The molecular weight excluding hydrogens is 214 g/mol. The molecule has 0 atom stereocenters. The highest BCUT2D eigenvalue weighted by molar-refractivity contribution is 5.76. The van der Waals surface area contributed by atoms with Crippen LogP contribution in [-0.2, 0) is 10.3 Å². The van der Waals surface area contributed by atoms with Gasteiger partial charge < -0.3 is 10.5 Å². The number of aromatic amines is 1. The molecule has 1 heterocycles. The van der Waals surface area contributed by atoms with Gasteiger partial charge in [-0.05, 0) is 24.0 Å². The molecule has 4 heteroatoms. The summed E-state index contributed by atoms with van der Waals surface area (Å²) in [4.78, 5) is 0. The molecule has 1 aliphatic rings. The summed E-state index contributed by atoms with van der Waals surface area (Å²) in [5.74, 6) is 0.601. The second kappa shape index (κ2) is 3.60. The van der Waals surface area contributed by atoms with Gasteiger partial charge in [-0.25, -0.2) is 0 Å². The van der Waals surface area contributed by atoms with Crippen LogP contribution in [-0.4, -0.2) is 17.3 Å². The van der Waals surface area contributed by atoms with Crippen LogP contribution in [0, 0.1) is 0 Å². The minimum absolute atomic E-state index is 0.111. The number of H-pyrrole nitrogens is 1. The zero-order valence-electron chi connectivity index (χ0n) is 9.73. The van der Waals surface area contributed by atoms with Crippen LogP contribution in [0.2, 0.25) is 0 Å². The van der Waals surface area contributed by atoms with Crippen molar-refractivity contribution < 1.29 is 4.74 Å². The molecule has 0 spiro atoms. The Bertz CT molecular complexity index is 543. The molecule has 0 unspecified atom stereocenters. The van der Waals surface area contributed by atoms with Crippen molar-refractivity contribution in [3.05, 3.63) is 36.0 Å². The van der Waals surface area contributed by atoms with Crippen molar-refractivity contribution >= 4 is 5.82 Å². The number of nitrogen functional groups attached to an aromatic ring is 1. The average molecular weight is 229 g/mol. The molecule has 1 aromatic carbocycles. The first kappa shape index (κ1) is 10.4. The molecule has 0 saturated heterocycles. The van der Waals surface area contributed by atoms with Crippen molar-refractivity contribution in [2.24, 2.45) is 0 Å². The minimum atomic E-state index is -0.111. The fourth-order valence-electron chi connectivity index (χ4n) is 2.32. The maximum absolute atomic E-state index is 5.89. The van der Waals surface area contributed by atoms with Crippen molar-refractivity contribution in [3.63, 3.8) is 0 Å². The molecule has 2 aromatic rings. The molecular formula is C13H15N3O. The SMILES string of the molecule is COC1(c2ccccc2-c2cn[nH]c2N)CC1. The number of ether oxygens (including phenoxy) is 1. The normalized spacial score (nSPS) is 17.0. The summed E-state index contributed by atoms with van der Waals surface area (Å²) >= 11 is 0. The summed E-state index contributed by atoms with van der Waals surface area (Å²) in [6.45, 7) is 0. The lowest BCUT2D eigenvalue weighted by molar-refractivity contribution is 0.0794. The Morgan fingerprint density at radius 2 is 2.06 bits per heavy atom. The second-order valence-electron chi connectivity index (χ2n) is 4.44. The first-order valence-electron chi connectivity index (χ1n) is 5.71. The van der Waals surface area contributed by atoms with Gasteiger partial charge in [0.25, 0.3) is 0 Å². The molecule has 1 aromatic heterocycles. The smallest absolute Gasteiger partial charge is 0.126 e. The van der Waals surface area contributed by atoms with E-state index >= 15 is 0 Å². The van der Waals surface area contributed by atoms with Crippen molar-refractivity contribution in [1.29, 1.82) is 0 Å². The van der Waals surface area contributed by atoms with E-state index in [1.807, 2.05) is 12.1 Å². The number of hydrogen-bond acceptors (Lipinski definition) is 3. The topological polar surface area (TPSA) is 63.9 Å². The fourth-order valence-corrected chi connectivity index (χ4v) is 2.32. The number of nitrogens with two attached hydrogens (primary N) is 1. The molecule has 3 rings (SSSR count). The molecule has 3 N–H and O–H groups in total. The lowest BCUT2D eigenvalue weighted by atomic mass is 9.96. The average Bonchev–Trinajstić information content (AvgIpc) is 3.06. The summed E-state index contributed by atoms with van der Waals surface area (Å²) in [5, 5.41) is 6.75. The minimum Gasteiger partial charge on any atom is -0.384 e. The highest BCUT2D eigenvalue weighted by Crippen LogP contribution is 2.51. The molecule has 1 fully saturated rings. The molecule has 0 amide bonds. The summed E-state index contributed by atoms with van der Waals surface area (Å²) < 4.78 is 5.64. The number of anilines is 1. The summed E-state index contributed by atoms with van der Waals surface area (Å²) in [7, 11) is 1.77. The largest absolute Gasteiger partial charge is 0.384 e. The van der Waals surface area contributed by atoms with E-state index in [1.54, 1.807) is 13.3 Å². The van der Waals surface area contributed by atoms with E-state index in [-0.39, 0.29) is 5.60 Å². The van der Waals surface area contributed by atoms with Crippen molar-refractivity contribution in [2.45, 2.75) is 18.4 Å². The highest BCUT2D eigenvalue weighted by Gasteiger charge is 2.46. The Hall–Kier alpha value is -1.81. The van der Waals surface area contributed by atoms with Gasteiger partial charge in [-0.3, -0.25) is 5.10 Å². The summed E-state index contributed by atoms with van der Waals surface area (Å²) in [6, 6.07) is 8.22. The number of rotatable bonds is 3. The second-order valence-corrected chi connectivity index (χ2v) is 4.44. The standard InChI is InChI=1S/C13H15N3O/c1-17-13(6-7-13)11-5-3-2-4-9(11)10-8-15-16-12(10)14/h2-5,8H,6-7H2,1H3,(H3,14,15,16). The van der Waals surface area contributed by atoms with Crippen molar-refractivity contribution in [2.75, 3.05) is 12.8 Å². The third kappa shape index (κ3) is 1.52. The van der Waals surface area contributed by atoms with E-state index in [4.69, 9.17) is 10.5 Å². The lowest BCUT2D eigenvalue weighted by Crippen LogP contribution is -2.10. The van der Waals surface area contributed by atoms with Gasteiger partial charge in [0.05, 0.1) is 11.8 Å². The van der Waals surface area contributed by atoms with Crippen molar-refractivity contribution in [1.82, 2.24) is 10.2 Å². The maximum Gasteiger partial charge on any atom is 0.126 e. The highest BCUT2D eigenvalue weighted by atomic mass is 16.5. The molecule has 4 nitrogen and oxygen atoms in total. The number of benzene rings is 1. The number of nitrogens with one attached hydrogen (secondary N) is 1. The van der Waals surface area contributed by atoms with Crippen LogP contribution >= 0.6 is 0 Å². The quantitative estimate of drug-likeness (QED) is 0.848. The van der Waals surface area contributed by atoms with Gasteiger partial charge in [0, 0.05) is 12.7 Å². The van der Waals surface area contributed by atoms with Crippen LogP contribution < -0.4 is 5.73 Å². The molecule has 0 aliphatic heterocycles. The number of methoxy groups -OCH3 is 1. The van der Waals surface area contributed by atoms with Crippen LogP contribution in [0.15, 0.2) is 30.5 Å². The lowest BCUT2D eigenvalue weighted by Gasteiger charge is -2.17. The number of hydrogen-bond donors (Lipinski definition) is 2. The molecule has 0 bridgehead atoms. The van der Waals surface area contributed by atoms with Gasteiger partial charge in [-0.1, -0.05) is 24.3 Å². The first-order valence-corrected chi connectivity index (χ1v) is 5.71. The van der Waals surface area contributed by atoms with Gasteiger partial charge in [0.15, 0.2) is 0 Å². The zero-order chi connectivity index (χ0) is 11.9. The van der Waals surface area contributed by atoms with Gasteiger partial charge in [0.1, 0.15) is 5.82 Å². The van der Waals surface area contributed by atoms with Crippen LogP contribution in [0.5, 0.6) is 0 Å². The summed E-state index contributed by atoms with van der Waals surface area (Å²) in [6.07, 6.45) is 3.90. The monoisotopic (exact) mass is 229 g/mol. The number of nitrogens with zero attached hydrogens (tertiary/aromatic N) is 1. The Morgan fingerprint density at radius 3 is 2.65 bits per heavy atom. The first-order chi connectivity index (χ1) is 8.27. The third-order valence-corrected chi connectivity index (χ3v) is 3.47. The molecule has 1 aliphatic carbocycles. The Morgan fingerprint density at radius 1 is 1.29 bits per heavy atom. The predicted octanol–water partition coefficient (Wildman–Crippen LogP) is 2.29. The molecule has 1 saturated carbocycles. The summed E-state index contributed by atoms with van der Waals surface area (Å²) in [5.41, 5.74) is 9.04. The third-order valence-electron chi connectivity index (χ3n) is 3.47. The Labute approximate surface area is 99.8 Å².